The van der Waals surface area contributed by atoms with Crippen molar-refractivity contribution in [2.75, 3.05) is 13.2 Å². The first-order valence-corrected chi connectivity index (χ1v) is 7.09. The second-order valence-electron chi connectivity index (χ2n) is 4.50. The number of hydrogen-bond acceptors (Lipinski definition) is 3. The van der Waals surface area contributed by atoms with Gasteiger partial charge in [-0.1, -0.05) is 11.8 Å². The molecule has 4 heteroatoms. The lowest BCUT2D eigenvalue weighted by molar-refractivity contribution is 0.0636. The molecule has 0 aromatic carbocycles. The predicted octanol–water partition coefficient (Wildman–Crippen LogP) is 2.11. The molecule has 2 rings (SSSR count). The number of carbonyl (C=O) groups is 1. The molecule has 1 aromatic heterocycles. The molecule has 1 atom stereocenters. The largest absolute Gasteiger partial charge is 0.384 e. The summed E-state index contributed by atoms with van der Waals surface area (Å²) in [5.74, 6) is 5.53. The van der Waals surface area contributed by atoms with Gasteiger partial charge in [0, 0.05) is 18.0 Å². The van der Waals surface area contributed by atoms with Crippen LogP contribution in [0.5, 0.6) is 0 Å². The summed E-state index contributed by atoms with van der Waals surface area (Å²) < 4.78 is 0. The predicted molar refractivity (Wildman–Crippen MR) is 72.6 cm³/mol. The van der Waals surface area contributed by atoms with Crippen molar-refractivity contribution in [1.29, 1.82) is 0 Å². The topological polar surface area (TPSA) is 40.5 Å². The van der Waals surface area contributed by atoms with Crippen LogP contribution >= 0.6 is 11.3 Å². The maximum Gasteiger partial charge on any atom is 0.254 e. The second-order valence-corrected chi connectivity index (χ2v) is 5.41. The van der Waals surface area contributed by atoms with E-state index >= 15 is 0 Å². The molecular formula is C14H17NO2S. The fourth-order valence-electron chi connectivity index (χ4n) is 2.21. The van der Waals surface area contributed by atoms with Crippen LogP contribution in [0.15, 0.2) is 11.4 Å². The number of likely N-dealkylation sites (tertiary alicyclic amines) is 1. The van der Waals surface area contributed by atoms with Crippen molar-refractivity contribution < 1.29 is 9.90 Å². The van der Waals surface area contributed by atoms with Crippen LogP contribution in [0.4, 0.5) is 0 Å². The van der Waals surface area contributed by atoms with Crippen molar-refractivity contribution >= 4 is 17.2 Å². The maximum absolute atomic E-state index is 12.3. The first kappa shape index (κ1) is 13.1. The van der Waals surface area contributed by atoms with Crippen molar-refractivity contribution in [1.82, 2.24) is 4.90 Å². The molecule has 1 aromatic rings. The van der Waals surface area contributed by atoms with E-state index in [2.05, 4.69) is 18.8 Å². The van der Waals surface area contributed by atoms with Crippen molar-refractivity contribution in [3.8, 4) is 11.8 Å². The summed E-state index contributed by atoms with van der Waals surface area (Å²) >= 11 is 1.45. The van der Waals surface area contributed by atoms with E-state index in [-0.39, 0.29) is 12.5 Å². The highest BCUT2D eigenvalue weighted by atomic mass is 32.1. The molecule has 0 spiro atoms. The van der Waals surface area contributed by atoms with Gasteiger partial charge >= 0.3 is 0 Å². The Hall–Kier alpha value is -1.31. The third-order valence-corrected chi connectivity index (χ3v) is 4.05. The number of nitrogens with zero attached hydrogens (tertiary/aromatic N) is 1. The molecule has 18 heavy (non-hydrogen) atoms. The van der Waals surface area contributed by atoms with Crippen LogP contribution in [0.3, 0.4) is 0 Å². The number of aliphatic hydroxyl groups excluding tert-OH is 1. The molecule has 1 N–H and O–H groups in total. The van der Waals surface area contributed by atoms with Gasteiger partial charge < -0.3 is 10.0 Å². The Morgan fingerprint density at radius 2 is 2.44 bits per heavy atom. The van der Waals surface area contributed by atoms with Crippen molar-refractivity contribution in [2.45, 2.75) is 32.2 Å². The Labute approximate surface area is 111 Å². The molecule has 96 valence electrons. The lowest BCUT2D eigenvalue weighted by Gasteiger charge is -2.33. The Kier molecular flexibility index (Phi) is 4.40. The van der Waals surface area contributed by atoms with E-state index in [9.17, 15) is 4.79 Å². The van der Waals surface area contributed by atoms with Crippen LogP contribution in [0.1, 0.15) is 41.4 Å². The number of aliphatic hydroxyl groups is 1. The molecular weight excluding hydrogens is 246 g/mol. The lowest BCUT2D eigenvalue weighted by atomic mass is 10.0. The fourth-order valence-corrected chi connectivity index (χ4v) is 2.96. The average Bonchev–Trinajstić information content (AvgIpc) is 2.85. The lowest BCUT2D eigenvalue weighted by Crippen LogP contribution is -2.41. The van der Waals surface area contributed by atoms with Crippen molar-refractivity contribution in [3.63, 3.8) is 0 Å². The zero-order chi connectivity index (χ0) is 13.0. The molecule has 2 heterocycles. The van der Waals surface area contributed by atoms with Gasteiger partial charge in [0.2, 0.25) is 0 Å². The van der Waals surface area contributed by atoms with Crippen LogP contribution in [0.25, 0.3) is 0 Å². The van der Waals surface area contributed by atoms with Crippen LogP contribution in [0.2, 0.25) is 0 Å². The molecule has 1 saturated heterocycles. The zero-order valence-electron chi connectivity index (χ0n) is 10.5. The molecule has 3 nitrogen and oxygen atoms in total. The molecule has 1 aliphatic rings. The number of carbonyl (C=O) groups excluding carboxylic acids is 1. The zero-order valence-corrected chi connectivity index (χ0v) is 11.3. The Balaban J connectivity index is 2.10. The normalized spacial score (nSPS) is 19.2. The summed E-state index contributed by atoms with van der Waals surface area (Å²) in [5.41, 5.74) is 0.719. The first-order valence-electron chi connectivity index (χ1n) is 6.21. The van der Waals surface area contributed by atoms with Crippen LogP contribution in [-0.2, 0) is 0 Å². The minimum atomic E-state index is -0.148. The summed E-state index contributed by atoms with van der Waals surface area (Å²) in [5, 5.41) is 10.5. The van der Waals surface area contributed by atoms with E-state index in [4.69, 9.17) is 5.11 Å². The van der Waals surface area contributed by atoms with Gasteiger partial charge in [0.25, 0.3) is 5.91 Å². The molecule has 0 radical (unpaired) electrons. The van der Waals surface area contributed by atoms with E-state index in [0.717, 1.165) is 29.8 Å². The molecule has 0 bridgehead atoms. The smallest absolute Gasteiger partial charge is 0.254 e. The molecule has 0 aliphatic carbocycles. The molecule has 1 amide bonds. The van der Waals surface area contributed by atoms with Gasteiger partial charge in [0.15, 0.2) is 0 Å². The summed E-state index contributed by atoms with van der Waals surface area (Å²) in [7, 11) is 0. The van der Waals surface area contributed by atoms with Gasteiger partial charge in [-0.2, -0.15) is 0 Å². The second kappa shape index (κ2) is 6.03. The summed E-state index contributed by atoms with van der Waals surface area (Å²) in [6.45, 7) is 2.81. The standard InChI is InChI=1S/C14H17NO2S/c1-11-5-2-3-7-15(11)14(17)12-9-13(18-10-12)6-4-8-16/h9-11,16H,2-3,5,7-8H2,1H3. The van der Waals surface area contributed by atoms with Gasteiger partial charge in [0.1, 0.15) is 6.61 Å². The van der Waals surface area contributed by atoms with Gasteiger partial charge in [-0.05, 0) is 32.3 Å². The Bertz CT molecular complexity index is 483. The van der Waals surface area contributed by atoms with Gasteiger partial charge in [-0.3, -0.25) is 4.79 Å². The highest BCUT2D eigenvalue weighted by Gasteiger charge is 2.24. The van der Waals surface area contributed by atoms with Crippen LogP contribution in [0, 0.1) is 11.8 Å². The average molecular weight is 263 g/mol. The maximum atomic E-state index is 12.3. The third-order valence-electron chi connectivity index (χ3n) is 3.20. The van der Waals surface area contributed by atoms with E-state index in [1.165, 1.54) is 17.8 Å². The molecule has 1 fully saturated rings. The molecule has 1 aliphatic heterocycles. The van der Waals surface area contributed by atoms with Crippen molar-refractivity contribution in [3.05, 3.63) is 21.9 Å². The minimum Gasteiger partial charge on any atom is -0.384 e. The van der Waals surface area contributed by atoms with Gasteiger partial charge in [0.05, 0.1) is 10.4 Å². The Morgan fingerprint density at radius 3 is 3.17 bits per heavy atom. The van der Waals surface area contributed by atoms with E-state index < -0.39 is 0 Å². The van der Waals surface area contributed by atoms with Gasteiger partial charge in [-0.15, -0.1) is 11.3 Å². The third kappa shape index (κ3) is 2.92. The fraction of sp³-hybridized carbons (Fsp3) is 0.500. The summed E-state index contributed by atoms with van der Waals surface area (Å²) in [6.07, 6.45) is 3.40. The highest BCUT2D eigenvalue weighted by molar-refractivity contribution is 7.10. The monoisotopic (exact) mass is 263 g/mol. The first-order chi connectivity index (χ1) is 8.72. The molecule has 0 saturated carbocycles. The van der Waals surface area contributed by atoms with Crippen molar-refractivity contribution in [2.24, 2.45) is 0 Å². The summed E-state index contributed by atoms with van der Waals surface area (Å²) in [4.78, 5) is 15.1. The van der Waals surface area contributed by atoms with Gasteiger partial charge in [-0.25, -0.2) is 0 Å². The SMILES string of the molecule is CC1CCCCN1C(=O)c1csc(C#CCO)c1. The van der Waals surface area contributed by atoms with Crippen LogP contribution < -0.4 is 0 Å². The highest BCUT2D eigenvalue weighted by Crippen LogP contribution is 2.21. The Morgan fingerprint density at radius 1 is 1.61 bits per heavy atom. The van der Waals surface area contributed by atoms with E-state index in [1.807, 2.05) is 16.3 Å². The number of piperidine rings is 1. The number of hydrogen-bond donors (Lipinski definition) is 1. The van der Waals surface area contributed by atoms with E-state index in [1.54, 1.807) is 0 Å². The minimum absolute atomic E-state index is 0.107. The summed E-state index contributed by atoms with van der Waals surface area (Å²) in [6, 6.07) is 2.15. The number of thiophene rings is 1. The quantitative estimate of drug-likeness (QED) is 0.788. The number of amides is 1. The van der Waals surface area contributed by atoms with Crippen LogP contribution in [-0.4, -0.2) is 35.1 Å². The molecule has 1 unspecified atom stereocenters. The van der Waals surface area contributed by atoms with E-state index in [0.29, 0.717) is 6.04 Å². The number of rotatable bonds is 1.